The van der Waals surface area contributed by atoms with Crippen molar-refractivity contribution in [2.75, 3.05) is 25.5 Å². The third-order valence-corrected chi connectivity index (χ3v) is 7.29. The second-order valence-electron chi connectivity index (χ2n) is 10.2. The lowest BCUT2D eigenvalue weighted by Crippen LogP contribution is -2.36. The summed E-state index contributed by atoms with van der Waals surface area (Å²) in [6, 6.07) is 11.2. The Morgan fingerprint density at radius 3 is 2.30 bits per heavy atom. The zero-order valence-electron chi connectivity index (χ0n) is 22.9. The van der Waals surface area contributed by atoms with Gasteiger partial charge in [-0.3, -0.25) is 4.79 Å². The fraction of sp³-hybridized carbons (Fsp3) is 0.379. The van der Waals surface area contributed by atoms with Crippen LogP contribution in [-0.4, -0.2) is 52.2 Å². The summed E-state index contributed by atoms with van der Waals surface area (Å²) >= 11 is 0. The van der Waals surface area contributed by atoms with Gasteiger partial charge in [0, 0.05) is 30.9 Å². The molecule has 1 aliphatic rings. The van der Waals surface area contributed by atoms with Crippen molar-refractivity contribution >= 4 is 23.7 Å². The predicted octanol–water partition coefficient (Wildman–Crippen LogP) is 7.00. The Hall–Kier alpha value is -4.36. The highest BCUT2D eigenvalue weighted by atomic mass is 19.4. The molecule has 0 radical (unpaired) electrons. The average molecular weight is 611 g/mol. The van der Waals surface area contributed by atoms with Gasteiger partial charge in [-0.1, -0.05) is 30.3 Å². The van der Waals surface area contributed by atoms with Crippen LogP contribution in [0.4, 0.5) is 42.8 Å². The third-order valence-electron chi connectivity index (χ3n) is 7.29. The van der Waals surface area contributed by atoms with Crippen LogP contribution < -0.4 is 5.32 Å². The first kappa shape index (κ1) is 31.6. The van der Waals surface area contributed by atoms with Crippen molar-refractivity contribution in [1.29, 1.82) is 0 Å². The number of aromatic nitrogens is 2. The summed E-state index contributed by atoms with van der Waals surface area (Å²) in [7, 11) is 1.06. The number of halogens is 6. The molecule has 1 aromatic heterocycles. The van der Waals surface area contributed by atoms with E-state index >= 15 is 0 Å². The van der Waals surface area contributed by atoms with Crippen molar-refractivity contribution in [2.24, 2.45) is 0 Å². The molecule has 230 valence electrons. The van der Waals surface area contributed by atoms with Gasteiger partial charge in [0.1, 0.15) is 0 Å². The van der Waals surface area contributed by atoms with Gasteiger partial charge in [-0.2, -0.15) is 26.3 Å². The first-order chi connectivity index (χ1) is 20.2. The topological polar surface area (TPSA) is 105 Å². The lowest BCUT2D eigenvalue weighted by atomic mass is 9.89. The normalized spacial score (nSPS) is 15.2. The summed E-state index contributed by atoms with van der Waals surface area (Å²) in [6.07, 6.45) is -9.58. The Labute approximate surface area is 242 Å². The standard InChI is InChI=1S/C29H28F6N4O4/c1-43-24(40)15-20(13-17-3-2-4-21(14-17)28(30,31)32)25-23(29(33,34)35)16-36-26(38-25)37-22-7-5-18(6-8-22)19-9-11-39(12-10-19)27(41)42/h2-8,14,16,19-20H,9-13,15H2,1H3,(H,41,42)(H,36,37,38). The maximum atomic E-state index is 14.0. The van der Waals surface area contributed by atoms with Crippen LogP contribution in [0.5, 0.6) is 0 Å². The van der Waals surface area contributed by atoms with Gasteiger partial charge in [0.15, 0.2) is 0 Å². The summed E-state index contributed by atoms with van der Waals surface area (Å²) < 4.78 is 86.6. The molecule has 1 saturated heterocycles. The summed E-state index contributed by atoms with van der Waals surface area (Å²) in [5.74, 6) is -2.20. The third kappa shape index (κ3) is 8.14. The molecule has 1 aliphatic heterocycles. The van der Waals surface area contributed by atoms with Crippen molar-refractivity contribution in [3.8, 4) is 0 Å². The SMILES string of the molecule is COC(=O)CC(Cc1cccc(C(F)(F)F)c1)c1nc(Nc2ccc(C3CCN(C(=O)O)CC3)cc2)ncc1C(F)(F)F. The van der Waals surface area contributed by atoms with Gasteiger partial charge in [-0.25, -0.2) is 14.8 Å². The number of ether oxygens (including phenoxy) is 1. The maximum Gasteiger partial charge on any atom is 0.419 e. The van der Waals surface area contributed by atoms with E-state index in [1.807, 2.05) is 12.1 Å². The molecule has 43 heavy (non-hydrogen) atoms. The number of carbonyl (C=O) groups is 2. The van der Waals surface area contributed by atoms with E-state index in [0.717, 1.165) is 30.9 Å². The van der Waals surface area contributed by atoms with Crippen LogP contribution in [0.2, 0.25) is 0 Å². The number of piperidine rings is 1. The first-order valence-electron chi connectivity index (χ1n) is 13.3. The molecular formula is C29H28F6N4O4. The van der Waals surface area contributed by atoms with E-state index in [-0.39, 0.29) is 23.9 Å². The number of hydrogen-bond donors (Lipinski definition) is 2. The van der Waals surface area contributed by atoms with Crippen molar-refractivity contribution in [2.45, 2.75) is 49.9 Å². The lowest BCUT2D eigenvalue weighted by Gasteiger charge is -2.30. The van der Waals surface area contributed by atoms with Crippen molar-refractivity contribution in [1.82, 2.24) is 14.9 Å². The van der Waals surface area contributed by atoms with E-state index in [0.29, 0.717) is 37.8 Å². The van der Waals surface area contributed by atoms with Crippen molar-refractivity contribution < 1.29 is 45.8 Å². The van der Waals surface area contributed by atoms with Crippen LogP contribution >= 0.6 is 0 Å². The number of anilines is 2. The van der Waals surface area contributed by atoms with Gasteiger partial charge in [0.2, 0.25) is 5.95 Å². The Bertz CT molecular complexity index is 1440. The highest BCUT2D eigenvalue weighted by molar-refractivity contribution is 5.70. The highest BCUT2D eigenvalue weighted by Crippen LogP contribution is 2.38. The number of amides is 1. The maximum absolute atomic E-state index is 14.0. The molecule has 1 amide bonds. The number of methoxy groups -OCH3 is 1. The number of hydrogen-bond acceptors (Lipinski definition) is 6. The zero-order valence-corrected chi connectivity index (χ0v) is 22.9. The van der Waals surface area contributed by atoms with E-state index in [1.54, 1.807) is 12.1 Å². The van der Waals surface area contributed by atoms with E-state index in [4.69, 9.17) is 5.11 Å². The van der Waals surface area contributed by atoms with Crippen LogP contribution in [0.15, 0.2) is 54.7 Å². The molecule has 2 aromatic carbocycles. The Morgan fingerprint density at radius 1 is 1.05 bits per heavy atom. The number of benzene rings is 2. The van der Waals surface area contributed by atoms with Crippen LogP contribution in [0, 0.1) is 0 Å². The Balaban J connectivity index is 1.61. The molecule has 0 spiro atoms. The molecule has 14 heteroatoms. The second kappa shape index (κ2) is 12.9. The highest BCUT2D eigenvalue weighted by Gasteiger charge is 2.38. The number of alkyl halides is 6. The largest absolute Gasteiger partial charge is 0.469 e. The molecule has 4 rings (SSSR count). The van der Waals surface area contributed by atoms with Gasteiger partial charge >= 0.3 is 24.4 Å². The number of nitrogens with zero attached hydrogens (tertiary/aromatic N) is 3. The molecular weight excluding hydrogens is 582 g/mol. The monoisotopic (exact) mass is 610 g/mol. The number of rotatable bonds is 8. The van der Waals surface area contributed by atoms with Gasteiger partial charge in [-0.15, -0.1) is 0 Å². The Morgan fingerprint density at radius 2 is 1.72 bits per heavy atom. The first-order valence-corrected chi connectivity index (χ1v) is 13.3. The quantitative estimate of drug-likeness (QED) is 0.209. The lowest BCUT2D eigenvalue weighted by molar-refractivity contribution is -0.143. The van der Waals surface area contributed by atoms with Gasteiger partial charge < -0.3 is 20.1 Å². The zero-order chi connectivity index (χ0) is 31.4. The molecule has 1 atom stereocenters. The molecule has 1 unspecified atom stereocenters. The minimum absolute atomic E-state index is 0.0646. The summed E-state index contributed by atoms with van der Waals surface area (Å²) in [5, 5.41) is 12.0. The molecule has 0 saturated carbocycles. The number of nitrogens with one attached hydrogen (secondary N) is 1. The van der Waals surface area contributed by atoms with E-state index < -0.39 is 53.6 Å². The minimum atomic E-state index is -4.91. The number of esters is 1. The summed E-state index contributed by atoms with van der Waals surface area (Å²) in [5.41, 5.74) is -1.26. The van der Waals surface area contributed by atoms with E-state index in [1.165, 1.54) is 11.0 Å². The van der Waals surface area contributed by atoms with E-state index in [9.17, 15) is 35.9 Å². The van der Waals surface area contributed by atoms with Crippen molar-refractivity contribution in [3.63, 3.8) is 0 Å². The molecule has 0 aliphatic carbocycles. The smallest absolute Gasteiger partial charge is 0.419 e. The van der Waals surface area contributed by atoms with Gasteiger partial charge in [0.25, 0.3) is 0 Å². The average Bonchev–Trinajstić information content (AvgIpc) is 2.96. The van der Waals surface area contributed by atoms with Gasteiger partial charge in [0.05, 0.1) is 30.4 Å². The molecule has 2 N–H and O–H groups in total. The van der Waals surface area contributed by atoms with Crippen molar-refractivity contribution in [3.05, 3.63) is 82.7 Å². The minimum Gasteiger partial charge on any atom is -0.469 e. The van der Waals surface area contributed by atoms with Crippen LogP contribution in [-0.2, 0) is 28.3 Å². The number of carbonyl (C=O) groups excluding carboxylic acids is 1. The predicted molar refractivity (Wildman–Crippen MR) is 143 cm³/mol. The van der Waals surface area contributed by atoms with E-state index in [2.05, 4.69) is 20.0 Å². The molecule has 0 bridgehead atoms. The molecule has 8 nitrogen and oxygen atoms in total. The molecule has 3 aromatic rings. The van der Waals surface area contributed by atoms with Crippen LogP contribution in [0.1, 0.15) is 59.0 Å². The summed E-state index contributed by atoms with van der Waals surface area (Å²) in [6.45, 7) is 0.824. The fourth-order valence-corrected chi connectivity index (χ4v) is 5.07. The molecule has 1 fully saturated rings. The summed E-state index contributed by atoms with van der Waals surface area (Å²) in [4.78, 5) is 32.6. The van der Waals surface area contributed by atoms with Crippen LogP contribution in [0.3, 0.4) is 0 Å². The Kier molecular flexibility index (Phi) is 9.46. The fourth-order valence-electron chi connectivity index (χ4n) is 5.07. The van der Waals surface area contributed by atoms with Crippen LogP contribution in [0.25, 0.3) is 0 Å². The number of carboxylic acid groups (broad SMARTS) is 1. The molecule has 2 heterocycles. The number of likely N-dealkylation sites (tertiary alicyclic amines) is 1. The second-order valence-corrected chi connectivity index (χ2v) is 10.2. The van der Waals surface area contributed by atoms with Gasteiger partial charge in [-0.05, 0) is 54.5 Å².